The zero-order valence-electron chi connectivity index (χ0n) is 18.9. The molecule has 1 aromatic heterocycles. The number of ether oxygens (including phenoxy) is 1. The number of halogens is 1. The van der Waals surface area contributed by atoms with Crippen molar-refractivity contribution in [1.82, 2.24) is 20.1 Å². The Kier molecular flexibility index (Phi) is 6.46. The van der Waals surface area contributed by atoms with Crippen molar-refractivity contribution < 1.29 is 14.5 Å². The molecule has 0 spiro atoms. The number of benzene rings is 3. The molecule has 0 radical (unpaired) electrons. The van der Waals surface area contributed by atoms with E-state index in [0.29, 0.717) is 34.3 Å². The summed E-state index contributed by atoms with van der Waals surface area (Å²) in [6.07, 6.45) is 1.75. The maximum absolute atomic E-state index is 12.3. The number of aromatic nitrogens is 3. The topological polar surface area (TPSA) is 112 Å². The average molecular weight is 502 g/mol. The summed E-state index contributed by atoms with van der Waals surface area (Å²) in [5, 5.41) is 23.4. The Balaban J connectivity index is 1.45. The number of alkyl carbamates (subject to hydrolysis) is 1. The molecule has 2 heterocycles. The summed E-state index contributed by atoms with van der Waals surface area (Å²) in [7, 11) is 0. The Labute approximate surface area is 211 Å². The predicted octanol–water partition coefficient (Wildman–Crippen LogP) is 5.24. The second-order valence-corrected chi connectivity index (χ2v) is 8.45. The third-order valence-electron chi connectivity index (χ3n) is 5.78. The van der Waals surface area contributed by atoms with Crippen LogP contribution in [0.4, 0.5) is 10.5 Å². The van der Waals surface area contributed by atoms with Crippen LogP contribution in [0, 0.1) is 10.1 Å². The molecule has 1 amide bonds. The number of fused-ring (bicyclic) bond motifs is 3. The van der Waals surface area contributed by atoms with Crippen LogP contribution in [0.3, 0.4) is 0 Å². The van der Waals surface area contributed by atoms with E-state index in [1.165, 1.54) is 12.1 Å². The van der Waals surface area contributed by atoms with E-state index < -0.39 is 11.0 Å². The highest BCUT2D eigenvalue weighted by Crippen LogP contribution is 2.37. The molecule has 3 aromatic carbocycles. The zero-order valence-corrected chi connectivity index (χ0v) is 19.7. The van der Waals surface area contributed by atoms with E-state index in [1.54, 1.807) is 16.7 Å². The van der Waals surface area contributed by atoms with Gasteiger partial charge in [0.05, 0.1) is 17.2 Å². The number of hydrogen-bond donors (Lipinski definition) is 1. The molecule has 1 aliphatic rings. The molecule has 36 heavy (non-hydrogen) atoms. The Morgan fingerprint density at radius 3 is 2.61 bits per heavy atom. The van der Waals surface area contributed by atoms with E-state index in [4.69, 9.17) is 16.3 Å². The standard InChI is InChI=1S/C26H20ClN5O4/c27-22-9-5-4-8-20(22)19-11-13-24-29-30-25(15-28-26(33)36-16-17-6-2-1-3-7-17)31(24)23-12-10-18(32(34)35)14-21(19)23/h1-12,14H,13,15-16H2,(H,28,33). The smallest absolute Gasteiger partial charge is 0.407 e. The minimum atomic E-state index is -0.594. The zero-order chi connectivity index (χ0) is 25.1. The fraction of sp³-hybridized carbons (Fsp3) is 0.115. The van der Waals surface area contributed by atoms with Crippen molar-refractivity contribution in [2.45, 2.75) is 19.6 Å². The Bertz CT molecular complexity index is 1480. The highest BCUT2D eigenvalue weighted by atomic mass is 35.5. The molecule has 1 N–H and O–H groups in total. The molecule has 0 saturated carbocycles. The molecule has 9 nitrogen and oxygen atoms in total. The van der Waals surface area contributed by atoms with E-state index in [1.807, 2.05) is 54.6 Å². The molecule has 0 bridgehead atoms. The summed E-state index contributed by atoms with van der Waals surface area (Å²) in [4.78, 5) is 23.4. The monoisotopic (exact) mass is 501 g/mol. The molecule has 0 fully saturated rings. The highest BCUT2D eigenvalue weighted by molar-refractivity contribution is 6.32. The molecule has 4 aromatic rings. The molecule has 5 rings (SSSR count). The quantitative estimate of drug-likeness (QED) is 0.285. The highest BCUT2D eigenvalue weighted by Gasteiger charge is 2.25. The molecule has 0 saturated heterocycles. The molecule has 10 heteroatoms. The van der Waals surface area contributed by atoms with Crippen LogP contribution in [0.2, 0.25) is 5.02 Å². The van der Waals surface area contributed by atoms with Gasteiger partial charge in [0.2, 0.25) is 0 Å². The van der Waals surface area contributed by atoms with Gasteiger partial charge in [-0.2, -0.15) is 0 Å². The van der Waals surface area contributed by atoms with Crippen molar-refractivity contribution in [2.75, 3.05) is 0 Å². The number of nitrogens with zero attached hydrogens (tertiary/aromatic N) is 4. The van der Waals surface area contributed by atoms with Crippen LogP contribution in [0.1, 0.15) is 28.3 Å². The number of nitro groups is 1. The van der Waals surface area contributed by atoms with E-state index in [-0.39, 0.29) is 18.8 Å². The van der Waals surface area contributed by atoms with Gasteiger partial charge in [-0.05, 0) is 23.3 Å². The van der Waals surface area contributed by atoms with Gasteiger partial charge in [-0.3, -0.25) is 14.7 Å². The van der Waals surface area contributed by atoms with Gasteiger partial charge in [0.15, 0.2) is 5.82 Å². The van der Waals surface area contributed by atoms with Gasteiger partial charge >= 0.3 is 6.09 Å². The SMILES string of the molecule is O=C(NCc1nnc2n1-c1ccc([N+](=O)[O-])cc1C(c1ccccc1Cl)=CC2)OCc1ccccc1. The van der Waals surface area contributed by atoms with Crippen molar-refractivity contribution in [3.63, 3.8) is 0 Å². The number of nitro benzene ring substituents is 1. The Morgan fingerprint density at radius 2 is 1.83 bits per heavy atom. The number of hydrogen-bond acceptors (Lipinski definition) is 6. The number of carbonyl (C=O) groups is 1. The van der Waals surface area contributed by atoms with Gasteiger partial charge in [-0.25, -0.2) is 4.79 Å². The van der Waals surface area contributed by atoms with Crippen LogP contribution in [0.25, 0.3) is 11.3 Å². The summed E-state index contributed by atoms with van der Waals surface area (Å²) < 4.78 is 7.09. The third kappa shape index (κ3) is 4.69. The first-order valence-electron chi connectivity index (χ1n) is 11.1. The van der Waals surface area contributed by atoms with Crippen molar-refractivity contribution >= 4 is 29.0 Å². The third-order valence-corrected chi connectivity index (χ3v) is 6.11. The maximum Gasteiger partial charge on any atom is 0.407 e. The van der Waals surface area contributed by atoms with Crippen molar-refractivity contribution in [3.05, 3.63) is 122 Å². The Hall–Kier alpha value is -4.50. The number of non-ortho nitro benzene ring substituents is 1. The normalized spacial score (nSPS) is 12.1. The minimum Gasteiger partial charge on any atom is -0.445 e. The molecule has 1 aliphatic heterocycles. The first-order valence-corrected chi connectivity index (χ1v) is 11.5. The lowest BCUT2D eigenvalue weighted by Gasteiger charge is -2.15. The molecular formula is C26H20ClN5O4. The number of rotatable bonds is 6. The molecule has 0 aliphatic carbocycles. The second kappa shape index (κ2) is 10.0. The van der Waals surface area contributed by atoms with Gasteiger partial charge in [-0.15, -0.1) is 10.2 Å². The number of allylic oxidation sites excluding steroid dienone is 1. The fourth-order valence-corrected chi connectivity index (χ4v) is 4.33. The van der Waals surface area contributed by atoms with E-state index in [0.717, 1.165) is 16.7 Å². The van der Waals surface area contributed by atoms with Crippen LogP contribution in [0.5, 0.6) is 0 Å². The molecule has 0 unspecified atom stereocenters. The first kappa shape index (κ1) is 23.3. The molecule has 0 atom stereocenters. The van der Waals surface area contributed by atoms with Crippen LogP contribution in [-0.4, -0.2) is 25.8 Å². The number of amides is 1. The van der Waals surface area contributed by atoms with E-state index >= 15 is 0 Å². The van der Waals surface area contributed by atoms with E-state index in [9.17, 15) is 14.9 Å². The van der Waals surface area contributed by atoms with Gasteiger partial charge < -0.3 is 10.1 Å². The second-order valence-electron chi connectivity index (χ2n) is 8.04. The van der Waals surface area contributed by atoms with Crippen LogP contribution >= 0.6 is 11.6 Å². The predicted molar refractivity (Wildman–Crippen MR) is 134 cm³/mol. The van der Waals surface area contributed by atoms with Gasteiger partial charge in [-0.1, -0.05) is 66.2 Å². The van der Waals surface area contributed by atoms with Crippen LogP contribution < -0.4 is 5.32 Å². The van der Waals surface area contributed by atoms with Gasteiger partial charge in [0, 0.05) is 34.7 Å². The maximum atomic E-state index is 12.3. The van der Waals surface area contributed by atoms with E-state index in [2.05, 4.69) is 15.5 Å². The first-order chi connectivity index (χ1) is 17.5. The fourth-order valence-electron chi connectivity index (χ4n) is 4.09. The molecule has 180 valence electrons. The lowest BCUT2D eigenvalue weighted by Crippen LogP contribution is -2.25. The van der Waals surface area contributed by atoms with Crippen LogP contribution in [0.15, 0.2) is 78.9 Å². The summed E-state index contributed by atoms with van der Waals surface area (Å²) in [5.74, 6) is 1.09. The number of carbonyl (C=O) groups excluding carboxylic acids is 1. The Morgan fingerprint density at radius 1 is 1.06 bits per heavy atom. The summed E-state index contributed by atoms with van der Waals surface area (Å²) in [6.45, 7) is 0.195. The largest absolute Gasteiger partial charge is 0.445 e. The minimum absolute atomic E-state index is 0.0487. The average Bonchev–Trinajstić information content (AvgIpc) is 3.22. The lowest BCUT2D eigenvalue weighted by molar-refractivity contribution is -0.384. The summed E-state index contributed by atoms with van der Waals surface area (Å²) >= 11 is 6.48. The lowest BCUT2D eigenvalue weighted by atomic mass is 9.95. The van der Waals surface area contributed by atoms with Crippen molar-refractivity contribution in [2.24, 2.45) is 0 Å². The van der Waals surface area contributed by atoms with Gasteiger partial charge in [0.1, 0.15) is 12.4 Å². The van der Waals surface area contributed by atoms with Crippen molar-refractivity contribution in [3.8, 4) is 5.69 Å². The molecular weight excluding hydrogens is 482 g/mol. The number of nitrogens with one attached hydrogen (secondary N) is 1. The summed E-state index contributed by atoms with van der Waals surface area (Å²) in [6, 6.07) is 21.3. The van der Waals surface area contributed by atoms with Gasteiger partial charge in [0.25, 0.3) is 5.69 Å². The summed E-state index contributed by atoms with van der Waals surface area (Å²) in [5.41, 5.74) is 3.60. The van der Waals surface area contributed by atoms with Crippen LogP contribution in [-0.2, 0) is 24.3 Å². The van der Waals surface area contributed by atoms with Crippen molar-refractivity contribution in [1.29, 1.82) is 0 Å².